The number of carbonyl (C=O) groups is 1. The predicted molar refractivity (Wildman–Crippen MR) is 85.7 cm³/mol. The zero-order valence-corrected chi connectivity index (χ0v) is 13.2. The number of rotatable bonds is 5. The van der Waals surface area contributed by atoms with Crippen LogP contribution in [-0.2, 0) is 6.54 Å². The van der Waals surface area contributed by atoms with E-state index < -0.39 is 0 Å². The third-order valence-electron chi connectivity index (χ3n) is 4.00. The molecule has 2 aromatic rings. The van der Waals surface area contributed by atoms with Crippen molar-refractivity contribution in [3.05, 3.63) is 47.3 Å². The Morgan fingerprint density at radius 1 is 1.29 bits per heavy atom. The number of nitrogens with zero attached hydrogens (tertiary/aromatic N) is 2. The summed E-state index contributed by atoms with van der Waals surface area (Å²) in [6.45, 7) is 9.07. The highest BCUT2D eigenvalue weighted by atomic mass is 16.1. The smallest absolute Gasteiger partial charge is 0.259 e. The van der Waals surface area contributed by atoms with Crippen molar-refractivity contribution in [1.29, 1.82) is 0 Å². The van der Waals surface area contributed by atoms with Crippen molar-refractivity contribution in [3.8, 4) is 0 Å². The summed E-state index contributed by atoms with van der Waals surface area (Å²) >= 11 is 0. The van der Waals surface area contributed by atoms with Gasteiger partial charge in [0, 0.05) is 17.9 Å². The molecule has 112 valence electrons. The SMILES string of the molecule is CCC(C)c1ccc(NC(=O)c2cnn(CC)c2C)cc1. The highest BCUT2D eigenvalue weighted by molar-refractivity contribution is 6.04. The number of amides is 1. The van der Waals surface area contributed by atoms with Crippen LogP contribution in [-0.4, -0.2) is 15.7 Å². The monoisotopic (exact) mass is 285 g/mol. The molecule has 0 radical (unpaired) electrons. The normalized spacial score (nSPS) is 12.2. The molecule has 1 atom stereocenters. The molecule has 1 N–H and O–H groups in total. The maximum atomic E-state index is 12.3. The third-order valence-corrected chi connectivity index (χ3v) is 4.00. The van der Waals surface area contributed by atoms with E-state index in [9.17, 15) is 4.79 Å². The van der Waals surface area contributed by atoms with Gasteiger partial charge in [-0.3, -0.25) is 9.48 Å². The van der Waals surface area contributed by atoms with Gasteiger partial charge < -0.3 is 5.32 Å². The van der Waals surface area contributed by atoms with E-state index >= 15 is 0 Å². The number of anilines is 1. The van der Waals surface area contributed by atoms with Gasteiger partial charge >= 0.3 is 0 Å². The number of aryl methyl sites for hydroxylation is 1. The fourth-order valence-corrected chi connectivity index (χ4v) is 2.32. The lowest BCUT2D eigenvalue weighted by atomic mass is 9.98. The molecule has 4 heteroatoms. The van der Waals surface area contributed by atoms with Crippen molar-refractivity contribution in [3.63, 3.8) is 0 Å². The van der Waals surface area contributed by atoms with Gasteiger partial charge in [0.2, 0.25) is 0 Å². The Labute approximate surface area is 126 Å². The molecule has 0 fully saturated rings. The quantitative estimate of drug-likeness (QED) is 0.903. The van der Waals surface area contributed by atoms with E-state index in [1.807, 2.05) is 30.7 Å². The zero-order valence-electron chi connectivity index (χ0n) is 13.2. The first-order chi connectivity index (χ1) is 10.1. The number of carbonyl (C=O) groups excluding carboxylic acids is 1. The zero-order chi connectivity index (χ0) is 15.4. The molecule has 1 unspecified atom stereocenters. The summed E-state index contributed by atoms with van der Waals surface area (Å²) < 4.78 is 1.82. The lowest BCUT2D eigenvalue weighted by Crippen LogP contribution is -2.13. The van der Waals surface area contributed by atoms with Crippen molar-refractivity contribution in [2.75, 3.05) is 5.32 Å². The average Bonchev–Trinajstić information content (AvgIpc) is 2.88. The molecule has 0 aliphatic rings. The first-order valence-electron chi connectivity index (χ1n) is 7.50. The molecule has 0 aliphatic heterocycles. The maximum absolute atomic E-state index is 12.3. The molecule has 2 rings (SSSR count). The van der Waals surface area contributed by atoms with Gasteiger partial charge in [-0.15, -0.1) is 0 Å². The van der Waals surface area contributed by atoms with Crippen LogP contribution in [0.15, 0.2) is 30.5 Å². The van der Waals surface area contributed by atoms with Gasteiger partial charge in [-0.2, -0.15) is 5.10 Å². The minimum Gasteiger partial charge on any atom is -0.322 e. The lowest BCUT2D eigenvalue weighted by Gasteiger charge is -2.10. The van der Waals surface area contributed by atoms with Crippen LogP contribution in [0.5, 0.6) is 0 Å². The second-order valence-corrected chi connectivity index (χ2v) is 5.34. The van der Waals surface area contributed by atoms with E-state index in [4.69, 9.17) is 0 Å². The van der Waals surface area contributed by atoms with Gasteiger partial charge in [0.05, 0.1) is 11.8 Å². The molecule has 4 nitrogen and oxygen atoms in total. The minimum absolute atomic E-state index is 0.108. The Balaban J connectivity index is 2.10. The Kier molecular flexibility index (Phi) is 4.78. The number of aromatic nitrogens is 2. The molecule has 0 saturated heterocycles. The van der Waals surface area contributed by atoms with E-state index in [-0.39, 0.29) is 5.91 Å². The first kappa shape index (κ1) is 15.3. The van der Waals surface area contributed by atoms with Gasteiger partial charge in [-0.05, 0) is 43.9 Å². The highest BCUT2D eigenvalue weighted by Gasteiger charge is 2.13. The number of hydrogen-bond donors (Lipinski definition) is 1. The molecule has 0 spiro atoms. The Morgan fingerprint density at radius 3 is 2.48 bits per heavy atom. The van der Waals surface area contributed by atoms with Crippen molar-refractivity contribution in [2.45, 2.75) is 46.6 Å². The standard InChI is InChI=1S/C17H23N3O/c1-5-12(3)14-7-9-15(10-8-14)19-17(21)16-11-18-20(6-2)13(16)4/h7-12H,5-6H2,1-4H3,(H,19,21). The van der Waals surface area contributed by atoms with Crippen molar-refractivity contribution < 1.29 is 4.79 Å². The van der Waals surface area contributed by atoms with Crippen LogP contribution in [0.4, 0.5) is 5.69 Å². The number of nitrogens with one attached hydrogen (secondary N) is 1. The summed E-state index contributed by atoms with van der Waals surface area (Å²) in [4.78, 5) is 12.3. The van der Waals surface area contributed by atoms with Gasteiger partial charge in [-0.25, -0.2) is 0 Å². The second-order valence-electron chi connectivity index (χ2n) is 5.34. The van der Waals surface area contributed by atoms with E-state index in [0.29, 0.717) is 11.5 Å². The van der Waals surface area contributed by atoms with E-state index in [1.54, 1.807) is 6.20 Å². The molecular weight excluding hydrogens is 262 g/mol. The Bertz CT molecular complexity index is 613. The van der Waals surface area contributed by atoms with Crippen LogP contribution in [0.25, 0.3) is 0 Å². The van der Waals surface area contributed by atoms with Crippen molar-refractivity contribution >= 4 is 11.6 Å². The van der Waals surface area contributed by atoms with Gasteiger partial charge in [0.25, 0.3) is 5.91 Å². The van der Waals surface area contributed by atoms with Crippen LogP contribution >= 0.6 is 0 Å². The van der Waals surface area contributed by atoms with Crippen LogP contribution in [0.3, 0.4) is 0 Å². The fourth-order valence-electron chi connectivity index (χ4n) is 2.32. The van der Waals surface area contributed by atoms with Crippen molar-refractivity contribution in [2.24, 2.45) is 0 Å². The van der Waals surface area contributed by atoms with E-state index in [0.717, 1.165) is 24.3 Å². The average molecular weight is 285 g/mol. The van der Waals surface area contributed by atoms with Crippen LogP contribution in [0.2, 0.25) is 0 Å². The minimum atomic E-state index is -0.108. The second kappa shape index (κ2) is 6.57. The Hall–Kier alpha value is -2.10. The van der Waals surface area contributed by atoms with Crippen molar-refractivity contribution in [1.82, 2.24) is 9.78 Å². The lowest BCUT2D eigenvalue weighted by molar-refractivity contribution is 0.102. The van der Waals surface area contributed by atoms with E-state index in [2.05, 4.69) is 36.4 Å². The van der Waals surface area contributed by atoms with Gasteiger partial charge in [0.15, 0.2) is 0 Å². The summed E-state index contributed by atoms with van der Waals surface area (Å²) in [6.07, 6.45) is 2.74. The summed E-state index contributed by atoms with van der Waals surface area (Å²) in [7, 11) is 0. The van der Waals surface area contributed by atoms with Crippen LogP contribution < -0.4 is 5.32 Å². The molecule has 1 aromatic heterocycles. The Morgan fingerprint density at radius 2 is 1.95 bits per heavy atom. The van der Waals surface area contributed by atoms with E-state index in [1.165, 1.54) is 5.56 Å². The van der Waals surface area contributed by atoms with Gasteiger partial charge in [-0.1, -0.05) is 26.0 Å². The maximum Gasteiger partial charge on any atom is 0.259 e. The summed E-state index contributed by atoms with van der Waals surface area (Å²) in [6, 6.07) is 8.07. The predicted octanol–water partition coefficient (Wildman–Crippen LogP) is 3.98. The largest absolute Gasteiger partial charge is 0.322 e. The third kappa shape index (κ3) is 3.32. The van der Waals surface area contributed by atoms with Crippen LogP contribution in [0, 0.1) is 6.92 Å². The highest BCUT2D eigenvalue weighted by Crippen LogP contribution is 2.21. The molecular formula is C17H23N3O. The number of hydrogen-bond acceptors (Lipinski definition) is 2. The molecule has 21 heavy (non-hydrogen) atoms. The fraction of sp³-hybridized carbons (Fsp3) is 0.412. The number of benzene rings is 1. The molecule has 0 bridgehead atoms. The molecule has 1 amide bonds. The molecule has 0 saturated carbocycles. The summed E-state index contributed by atoms with van der Waals surface area (Å²) in [5.74, 6) is 0.434. The van der Waals surface area contributed by atoms with Gasteiger partial charge in [0.1, 0.15) is 0 Å². The van der Waals surface area contributed by atoms with Crippen LogP contribution in [0.1, 0.15) is 54.7 Å². The molecule has 0 aliphatic carbocycles. The summed E-state index contributed by atoms with van der Waals surface area (Å²) in [5.41, 5.74) is 3.63. The topological polar surface area (TPSA) is 46.9 Å². The molecule has 1 aromatic carbocycles. The molecule has 1 heterocycles. The first-order valence-corrected chi connectivity index (χ1v) is 7.50. The summed E-state index contributed by atoms with van der Waals surface area (Å²) in [5, 5.41) is 7.13.